The molecule has 2 atom stereocenters. The zero-order chi connectivity index (χ0) is 16.9. The third-order valence-electron chi connectivity index (χ3n) is 3.61. The van der Waals surface area contributed by atoms with Crippen molar-refractivity contribution in [2.75, 3.05) is 0 Å². The van der Waals surface area contributed by atoms with Crippen molar-refractivity contribution in [1.29, 1.82) is 0 Å². The van der Waals surface area contributed by atoms with Gasteiger partial charge in [-0.2, -0.15) is 8.42 Å². The smallest absolute Gasteiger partial charge is 0.273 e. The van der Waals surface area contributed by atoms with E-state index in [0.29, 0.717) is 19.3 Å². The molecule has 2 aromatic carbocycles. The Morgan fingerprint density at radius 2 is 1.74 bits per heavy atom. The Morgan fingerprint density at radius 1 is 1.09 bits per heavy atom. The molecular weight excluding hydrogens is 331 g/mol. The molecule has 0 heterocycles. The van der Waals surface area contributed by atoms with Crippen LogP contribution < -0.4 is 4.74 Å². The van der Waals surface area contributed by atoms with Crippen LogP contribution in [0.25, 0.3) is 0 Å². The molecule has 0 aliphatic heterocycles. The Bertz CT molecular complexity index is 742. The van der Waals surface area contributed by atoms with Gasteiger partial charge in [0.25, 0.3) is 10.1 Å². The fourth-order valence-electron chi connectivity index (χ4n) is 2.16. The lowest BCUT2D eigenvalue weighted by molar-refractivity contribution is 0.455. The van der Waals surface area contributed by atoms with E-state index in [-0.39, 0.29) is 0 Å². The first-order chi connectivity index (χ1) is 10.8. The summed E-state index contributed by atoms with van der Waals surface area (Å²) in [5.74, 6) is 1.52. The minimum Gasteiger partial charge on any atom is -0.457 e. The van der Waals surface area contributed by atoms with E-state index in [0.717, 1.165) is 17.1 Å². The van der Waals surface area contributed by atoms with Crippen molar-refractivity contribution in [3.63, 3.8) is 0 Å². The number of hydrogen-bond donors (Lipinski definition) is 1. The molecule has 23 heavy (non-hydrogen) atoms. The number of hydrogen-bond acceptors (Lipinski definition) is 3. The average molecular weight is 352 g/mol. The number of rotatable bonds is 7. The summed E-state index contributed by atoms with van der Waals surface area (Å²) in [6, 6.07) is 17.2. The highest BCUT2D eigenvalue weighted by Crippen LogP contribution is 2.30. The van der Waals surface area contributed by atoms with E-state index in [2.05, 4.69) is 9.24 Å². The van der Waals surface area contributed by atoms with Gasteiger partial charge in [0.05, 0.1) is 0 Å². The molecule has 0 saturated heterocycles. The summed E-state index contributed by atoms with van der Waals surface area (Å²) in [7, 11) is -1.85. The molecule has 0 bridgehead atoms. The first-order valence-electron chi connectivity index (χ1n) is 7.36. The molecule has 124 valence electrons. The van der Waals surface area contributed by atoms with Crippen LogP contribution in [-0.4, -0.2) is 17.5 Å². The quantitative estimate of drug-likeness (QED) is 0.597. The molecule has 0 aliphatic rings. The van der Waals surface area contributed by atoms with Crippen molar-refractivity contribution in [1.82, 2.24) is 0 Å². The molecule has 0 fully saturated rings. The van der Waals surface area contributed by atoms with Crippen LogP contribution in [0.1, 0.15) is 25.3 Å². The van der Waals surface area contributed by atoms with E-state index in [1.807, 2.05) is 54.6 Å². The second kappa shape index (κ2) is 7.43. The lowest BCUT2D eigenvalue weighted by Gasteiger charge is -2.20. The van der Waals surface area contributed by atoms with Crippen LogP contribution in [0.2, 0.25) is 0 Å². The number of benzene rings is 2. The summed E-state index contributed by atoms with van der Waals surface area (Å²) in [5, 5.41) is 0. The molecule has 2 rings (SSSR count). The molecule has 1 N–H and O–H groups in total. The van der Waals surface area contributed by atoms with Crippen molar-refractivity contribution in [3.05, 3.63) is 60.2 Å². The SMILES string of the molecule is C[C@](P)(CCCc1cccc(Oc2ccccc2)c1)S(=O)(=O)O. The van der Waals surface area contributed by atoms with Crippen LogP contribution in [0.4, 0.5) is 0 Å². The van der Waals surface area contributed by atoms with E-state index in [4.69, 9.17) is 4.74 Å². The van der Waals surface area contributed by atoms with Crippen LogP contribution in [-0.2, 0) is 16.5 Å². The Balaban J connectivity index is 1.96. The van der Waals surface area contributed by atoms with Crippen LogP contribution in [0.3, 0.4) is 0 Å². The highest BCUT2D eigenvalue weighted by Gasteiger charge is 2.31. The third kappa shape index (κ3) is 5.31. The number of ether oxygens (including phenoxy) is 1. The minimum atomic E-state index is -4.07. The largest absolute Gasteiger partial charge is 0.457 e. The maximum atomic E-state index is 11.3. The Labute approximate surface area is 139 Å². The van der Waals surface area contributed by atoms with Gasteiger partial charge in [0, 0.05) is 0 Å². The average Bonchev–Trinajstić information content (AvgIpc) is 2.47. The maximum absolute atomic E-state index is 11.3. The second-order valence-electron chi connectivity index (χ2n) is 5.70. The standard InChI is InChI=1S/C17H21O4PS/c1-17(22,23(18,19)20)12-6-8-14-7-5-11-16(13-14)21-15-9-3-2-4-10-15/h2-5,7,9-11,13H,6,8,12,22H2,1H3,(H,18,19,20)/t17-/m1/s1. The Morgan fingerprint density at radius 3 is 2.39 bits per heavy atom. The van der Waals surface area contributed by atoms with Crippen LogP contribution >= 0.6 is 9.24 Å². The van der Waals surface area contributed by atoms with Crippen molar-refractivity contribution >= 4 is 19.4 Å². The van der Waals surface area contributed by atoms with Crippen molar-refractivity contribution < 1.29 is 17.7 Å². The van der Waals surface area contributed by atoms with Crippen molar-refractivity contribution in [2.24, 2.45) is 0 Å². The molecule has 0 aliphatic carbocycles. The van der Waals surface area contributed by atoms with Gasteiger partial charge in [-0.15, -0.1) is 9.24 Å². The summed E-state index contributed by atoms with van der Waals surface area (Å²) < 4.78 is 36.3. The van der Waals surface area contributed by atoms with E-state index >= 15 is 0 Å². The van der Waals surface area contributed by atoms with Gasteiger partial charge >= 0.3 is 0 Å². The predicted molar refractivity (Wildman–Crippen MR) is 95.6 cm³/mol. The molecule has 4 nitrogen and oxygen atoms in total. The first kappa shape index (κ1) is 17.9. The van der Waals surface area contributed by atoms with E-state index in [1.54, 1.807) is 0 Å². The normalized spacial score (nSPS) is 14.2. The molecule has 1 unspecified atom stereocenters. The lowest BCUT2D eigenvalue weighted by Crippen LogP contribution is -2.27. The summed E-state index contributed by atoms with van der Waals surface area (Å²) in [6.07, 6.45) is 1.72. The summed E-state index contributed by atoms with van der Waals surface area (Å²) in [5.41, 5.74) is 1.06. The highest BCUT2D eigenvalue weighted by atomic mass is 32.2. The van der Waals surface area contributed by atoms with Gasteiger partial charge < -0.3 is 4.74 Å². The third-order valence-corrected chi connectivity index (χ3v) is 6.17. The zero-order valence-electron chi connectivity index (χ0n) is 13.0. The van der Waals surface area contributed by atoms with Crippen LogP contribution in [0.15, 0.2) is 54.6 Å². The lowest BCUT2D eigenvalue weighted by atomic mass is 10.1. The van der Waals surface area contributed by atoms with Crippen LogP contribution in [0, 0.1) is 0 Å². The topological polar surface area (TPSA) is 63.6 Å². The minimum absolute atomic E-state index is 0.361. The maximum Gasteiger partial charge on any atom is 0.273 e. The van der Waals surface area contributed by atoms with Gasteiger partial charge in [0.2, 0.25) is 0 Å². The van der Waals surface area contributed by atoms with E-state index in [1.165, 1.54) is 6.92 Å². The molecule has 2 aromatic rings. The Kier molecular flexibility index (Phi) is 5.79. The molecule has 0 amide bonds. The van der Waals surface area contributed by atoms with Gasteiger partial charge in [-0.05, 0) is 56.0 Å². The van der Waals surface area contributed by atoms with Gasteiger partial charge in [-0.1, -0.05) is 30.3 Å². The van der Waals surface area contributed by atoms with Crippen molar-refractivity contribution in [2.45, 2.75) is 30.7 Å². The fourth-order valence-corrected chi connectivity index (χ4v) is 2.77. The molecule has 6 heteroatoms. The summed E-state index contributed by atoms with van der Waals surface area (Å²) in [4.78, 5) is 0. The van der Waals surface area contributed by atoms with Crippen LogP contribution in [0.5, 0.6) is 11.5 Å². The summed E-state index contributed by atoms with van der Waals surface area (Å²) >= 11 is 0. The summed E-state index contributed by atoms with van der Waals surface area (Å²) in [6.45, 7) is 1.50. The fraction of sp³-hybridized carbons (Fsp3) is 0.294. The van der Waals surface area contributed by atoms with E-state index < -0.39 is 14.6 Å². The van der Waals surface area contributed by atoms with Gasteiger partial charge in [0.15, 0.2) is 0 Å². The molecule has 0 saturated carbocycles. The zero-order valence-corrected chi connectivity index (χ0v) is 14.9. The predicted octanol–water partition coefficient (Wildman–Crippen LogP) is 4.28. The second-order valence-corrected chi connectivity index (χ2v) is 9.28. The molecule has 0 aromatic heterocycles. The first-order valence-corrected chi connectivity index (χ1v) is 9.37. The number of para-hydroxylation sites is 1. The molecular formula is C17H21O4PS. The van der Waals surface area contributed by atoms with E-state index in [9.17, 15) is 13.0 Å². The number of aryl methyl sites for hydroxylation is 1. The monoisotopic (exact) mass is 352 g/mol. The van der Waals surface area contributed by atoms with Crippen molar-refractivity contribution in [3.8, 4) is 11.5 Å². The van der Waals surface area contributed by atoms with Gasteiger partial charge in [-0.25, -0.2) is 0 Å². The molecule has 0 spiro atoms. The molecule has 0 radical (unpaired) electrons. The van der Waals surface area contributed by atoms with Gasteiger partial charge in [-0.3, -0.25) is 4.55 Å². The Hall–Kier alpha value is -1.42. The van der Waals surface area contributed by atoms with Gasteiger partial charge in [0.1, 0.15) is 16.0 Å². The highest BCUT2D eigenvalue weighted by molar-refractivity contribution is 7.91.